The summed E-state index contributed by atoms with van der Waals surface area (Å²) in [6.45, 7) is 2.01. The van der Waals surface area contributed by atoms with Crippen LogP contribution >= 0.6 is 11.6 Å². The van der Waals surface area contributed by atoms with E-state index in [1.165, 1.54) is 0 Å². The number of benzene rings is 3. The summed E-state index contributed by atoms with van der Waals surface area (Å²) in [5.41, 5.74) is 2.89. The molecular formula is C28H28ClN3O3. The highest BCUT2D eigenvalue weighted by Gasteiger charge is 2.34. The molecule has 0 spiro atoms. The minimum absolute atomic E-state index is 0.0266. The van der Waals surface area contributed by atoms with Gasteiger partial charge in [-0.25, -0.2) is 4.98 Å². The number of amides is 1. The maximum absolute atomic E-state index is 12.9. The minimum atomic E-state index is 0.0266. The quantitative estimate of drug-likeness (QED) is 0.267. The molecule has 1 amide bonds. The highest BCUT2D eigenvalue weighted by molar-refractivity contribution is 6.30. The second kappa shape index (κ2) is 10.4. The van der Waals surface area contributed by atoms with Crippen LogP contribution in [0.2, 0.25) is 5.02 Å². The van der Waals surface area contributed by atoms with E-state index in [2.05, 4.69) is 10.6 Å². The van der Waals surface area contributed by atoms with Crippen molar-refractivity contribution in [2.75, 3.05) is 25.2 Å². The lowest BCUT2D eigenvalue weighted by atomic mass is 10.1. The molecule has 1 aliphatic rings. The summed E-state index contributed by atoms with van der Waals surface area (Å²) >= 11 is 6.17. The molecule has 5 rings (SSSR count). The second-order valence-corrected chi connectivity index (χ2v) is 9.14. The number of anilines is 1. The Labute approximate surface area is 210 Å². The van der Waals surface area contributed by atoms with Gasteiger partial charge in [0, 0.05) is 36.1 Å². The second-order valence-electron chi connectivity index (χ2n) is 8.70. The summed E-state index contributed by atoms with van der Waals surface area (Å²) < 4.78 is 13.6. The van der Waals surface area contributed by atoms with Crippen LogP contribution in [0.1, 0.15) is 31.0 Å². The Morgan fingerprint density at radius 3 is 2.63 bits per heavy atom. The molecule has 1 saturated heterocycles. The molecule has 4 aromatic rings. The van der Waals surface area contributed by atoms with Crippen molar-refractivity contribution in [3.63, 3.8) is 0 Å². The number of hydrogen-bond donors (Lipinski definition) is 0. The first kappa shape index (κ1) is 23.2. The monoisotopic (exact) mass is 489 g/mol. The number of aryl methyl sites for hydroxylation is 1. The Balaban J connectivity index is 1.29. The SMILES string of the molecule is COc1ccccc1OCCCCn1c([C@H]2CC(=O)N(c3cccc(Cl)c3)C2)nc2ccccc21. The molecule has 180 valence electrons. The smallest absolute Gasteiger partial charge is 0.227 e. The van der Waals surface area contributed by atoms with Crippen molar-refractivity contribution in [2.24, 2.45) is 0 Å². The molecule has 0 saturated carbocycles. The van der Waals surface area contributed by atoms with E-state index in [1.54, 1.807) is 7.11 Å². The van der Waals surface area contributed by atoms with Crippen LogP contribution in [-0.2, 0) is 11.3 Å². The third-order valence-electron chi connectivity index (χ3n) is 6.40. The van der Waals surface area contributed by atoms with Gasteiger partial charge in [0.1, 0.15) is 5.82 Å². The van der Waals surface area contributed by atoms with Gasteiger partial charge < -0.3 is 18.9 Å². The zero-order valence-corrected chi connectivity index (χ0v) is 20.4. The molecule has 1 atom stereocenters. The molecule has 1 aromatic heterocycles. The van der Waals surface area contributed by atoms with E-state index in [4.69, 9.17) is 26.1 Å². The molecule has 1 fully saturated rings. The Morgan fingerprint density at radius 2 is 1.80 bits per heavy atom. The lowest BCUT2D eigenvalue weighted by molar-refractivity contribution is -0.117. The van der Waals surface area contributed by atoms with Crippen molar-refractivity contribution in [1.29, 1.82) is 0 Å². The summed E-state index contributed by atoms with van der Waals surface area (Å²) in [7, 11) is 1.65. The third kappa shape index (κ3) is 4.98. The van der Waals surface area contributed by atoms with Gasteiger partial charge in [-0.15, -0.1) is 0 Å². The van der Waals surface area contributed by atoms with E-state index >= 15 is 0 Å². The summed E-state index contributed by atoms with van der Waals surface area (Å²) in [5.74, 6) is 2.59. The lowest BCUT2D eigenvalue weighted by Gasteiger charge is -2.18. The Morgan fingerprint density at radius 1 is 1.00 bits per heavy atom. The van der Waals surface area contributed by atoms with E-state index in [0.717, 1.165) is 53.4 Å². The first-order valence-corrected chi connectivity index (χ1v) is 12.3. The van der Waals surface area contributed by atoms with Crippen LogP contribution in [0.5, 0.6) is 11.5 Å². The summed E-state index contributed by atoms with van der Waals surface area (Å²) in [6.07, 6.45) is 2.26. The van der Waals surface area contributed by atoms with Gasteiger partial charge in [-0.3, -0.25) is 4.79 Å². The van der Waals surface area contributed by atoms with Gasteiger partial charge in [0.05, 0.1) is 24.8 Å². The summed E-state index contributed by atoms with van der Waals surface area (Å²) in [5, 5.41) is 0.626. The third-order valence-corrected chi connectivity index (χ3v) is 6.63. The predicted octanol–water partition coefficient (Wildman–Crippen LogP) is 6.08. The summed E-state index contributed by atoms with van der Waals surface area (Å²) in [4.78, 5) is 19.7. The maximum Gasteiger partial charge on any atom is 0.227 e. The van der Waals surface area contributed by atoms with Crippen molar-refractivity contribution < 1.29 is 14.3 Å². The van der Waals surface area contributed by atoms with Crippen molar-refractivity contribution in [3.05, 3.63) is 83.6 Å². The molecule has 0 bridgehead atoms. The first-order chi connectivity index (χ1) is 17.1. The number of aromatic nitrogens is 2. The van der Waals surface area contributed by atoms with Crippen LogP contribution < -0.4 is 14.4 Å². The fourth-order valence-corrected chi connectivity index (χ4v) is 4.89. The number of nitrogens with zero attached hydrogens (tertiary/aromatic N) is 3. The van der Waals surface area contributed by atoms with Crippen molar-refractivity contribution in [1.82, 2.24) is 9.55 Å². The Kier molecular flexibility index (Phi) is 6.91. The molecule has 0 unspecified atom stereocenters. The number of unbranched alkanes of at least 4 members (excludes halogenated alkanes) is 1. The van der Waals surface area contributed by atoms with Gasteiger partial charge in [0.2, 0.25) is 5.91 Å². The molecule has 6 nitrogen and oxygen atoms in total. The predicted molar refractivity (Wildman–Crippen MR) is 139 cm³/mol. The van der Waals surface area contributed by atoms with Gasteiger partial charge in [-0.05, 0) is 55.3 Å². The maximum atomic E-state index is 12.9. The van der Waals surface area contributed by atoms with Gasteiger partial charge in [-0.2, -0.15) is 0 Å². The fraction of sp³-hybridized carbons (Fsp3) is 0.286. The van der Waals surface area contributed by atoms with Crippen molar-refractivity contribution >= 4 is 34.2 Å². The van der Waals surface area contributed by atoms with Crippen LogP contribution in [0.25, 0.3) is 11.0 Å². The number of fused-ring (bicyclic) bond motifs is 1. The number of methoxy groups -OCH3 is 1. The molecule has 3 aromatic carbocycles. The molecule has 0 radical (unpaired) electrons. The van der Waals surface area contributed by atoms with E-state index < -0.39 is 0 Å². The number of ether oxygens (including phenoxy) is 2. The molecule has 35 heavy (non-hydrogen) atoms. The topological polar surface area (TPSA) is 56.6 Å². The van der Waals surface area contributed by atoms with Gasteiger partial charge >= 0.3 is 0 Å². The van der Waals surface area contributed by atoms with E-state index in [0.29, 0.717) is 24.6 Å². The molecule has 0 aliphatic carbocycles. The van der Waals surface area contributed by atoms with Crippen LogP contribution in [0.4, 0.5) is 5.69 Å². The number of hydrogen-bond acceptors (Lipinski definition) is 4. The number of para-hydroxylation sites is 4. The van der Waals surface area contributed by atoms with E-state index in [1.807, 2.05) is 71.6 Å². The molecule has 0 N–H and O–H groups in total. The van der Waals surface area contributed by atoms with Crippen molar-refractivity contribution in [2.45, 2.75) is 31.7 Å². The summed E-state index contributed by atoms with van der Waals surface area (Å²) in [6, 6.07) is 23.3. The lowest BCUT2D eigenvalue weighted by Crippen LogP contribution is -2.24. The Hall–Kier alpha value is -3.51. The largest absolute Gasteiger partial charge is 0.493 e. The standard InChI is InChI=1S/C28H28ClN3O3/c1-34-25-13-4-5-14-26(25)35-16-7-6-15-31-24-12-3-2-11-23(24)30-28(31)20-17-27(33)32(19-20)22-10-8-9-21(29)18-22/h2-5,8-14,18,20H,6-7,15-17,19H2,1H3/t20-/m0/s1. The fourth-order valence-electron chi connectivity index (χ4n) is 4.71. The molecular weight excluding hydrogens is 462 g/mol. The number of halogens is 1. The average molecular weight is 490 g/mol. The van der Waals surface area contributed by atoms with Crippen LogP contribution in [0, 0.1) is 0 Å². The first-order valence-electron chi connectivity index (χ1n) is 11.9. The zero-order chi connectivity index (χ0) is 24.2. The Bertz CT molecular complexity index is 1340. The highest BCUT2D eigenvalue weighted by Crippen LogP contribution is 2.34. The highest BCUT2D eigenvalue weighted by atomic mass is 35.5. The van der Waals surface area contributed by atoms with E-state index in [-0.39, 0.29) is 11.8 Å². The molecule has 7 heteroatoms. The normalized spacial score (nSPS) is 15.7. The number of carbonyl (C=O) groups excluding carboxylic acids is 1. The van der Waals surface area contributed by atoms with Crippen LogP contribution in [-0.4, -0.2) is 35.7 Å². The van der Waals surface area contributed by atoms with Gasteiger partial charge in [0.25, 0.3) is 0 Å². The molecule has 1 aliphatic heterocycles. The zero-order valence-electron chi connectivity index (χ0n) is 19.7. The number of carbonyl (C=O) groups is 1. The number of rotatable bonds is 9. The van der Waals surface area contributed by atoms with E-state index in [9.17, 15) is 4.79 Å². The van der Waals surface area contributed by atoms with Crippen LogP contribution in [0.15, 0.2) is 72.8 Å². The molecule has 2 heterocycles. The number of imidazole rings is 1. The average Bonchev–Trinajstić information content (AvgIpc) is 3.44. The van der Waals surface area contributed by atoms with Crippen LogP contribution in [0.3, 0.4) is 0 Å². The van der Waals surface area contributed by atoms with Crippen molar-refractivity contribution in [3.8, 4) is 11.5 Å². The minimum Gasteiger partial charge on any atom is -0.493 e. The van der Waals surface area contributed by atoms with Gasteiger partial charge in [0.15, 0.2) is 11.5 Å². The van der Waals surface area contributed by atoms with Gasteiger partial charge in [-0.1, -0.05) is 41.9 Å².